The van der Waals surface area contributed by atoms with Crippen molar-refractivity contribution in [3.05, 3.63) is 29.3 Å². The van der Waals surface area contributed by atoms with Gasteiger partial charge in [0.25, 0.3) is 0 Å². The maximum atomic E-state index is 13.1. The van der Waals surface area contributed by atoms with E-state index < -0.39 is 9.84 Å². The lowest BCUT2D eigenvalue weighted by molar-refractivity contribution is -0.133. The first-order valence-corrected chi connectivity index (χ1v) is 12.4. The summed E-state index contributed by atoms with van der Waals surface area (Å²) in [5.41, 5.74) is 2.48. The molecular formula is C20H29NO3S2. The smallest absolute Gasteiger partial charge is 0.233 e. The molecule has 1 saturated heterocycles. The summed E-state index contributed by atoms with van der Waals surface area (Å²) in [5, 5.41) is 0. The van der Waals surface area contributed by atoms with Gasteiger partial charge >= 0.3 is 0 Å². The number of carbonyl (C=O) groups excluding carboxylic acids is 1. The van der Waals surface area contributed by atoms with E-state index in [9.17, 15) is 13.2 Å². The molecule has 0 unspecified atom stereocenters. The molecule has 1 aliphatic heterocycles. The summed E-state index contributed by atoms with van der Waals surface area (Å²) in [7, 11) is -2.99. The molecule has 3 rings (SSSR count). The molecule has 0 spiro atoms. The zero-order valence-corrected chi connectivity index (χ0v) is 17.4. The quantitative estimate of drug-likeness (QED) is 0.713. The lowest BCUT2D eigenvalue weighted by Crippen LogP contribution is -2.49. The molecule has 2 fully saturated rings. The predicted octanol–water partition coefficient (Wildman–Crippen LogP) is 3.74. The summed E-state index contributed by atoms with van der Waals surface area (Å²) in [6.45, 7) is 4.17. The Hall–Kier alpha value is -1.01. The predicted molar refractivity (Wildman–Crippen MR) is 107 cm³/mol. The van der Waals surface area contributed by atoms with E-state index in [1.807, 2.05) is 4.90 Å². The standard InChI is InChI=1S/C20H29NO3S2/c1-15-8-9-19(12-16(15)2)25-13-20(22)21(17-6-4-3-5-7-17)18-10-11-26(23,24)14-18/h8-9,12,17-18H,3-7,10-11,13-14H2,1-2H3/t18-/m1/s1. The van der Waals surface area contributed by atoms with Gasteiger partial charge in [-0.05, 0) is 56.4 Å². The highest BCUT2D eigenvalue weighted by atomic mass is 32.2. The van der Waals surface area contributed by atoms with Crippen molar-refractivity contribution in [2.45, 2.75) is 69.4 Å². The maximum Gasteiger partial charge on any atom is 0.233 e. The fourth-order valence-electron chi connectivity index (χ4n) is 4.08. The fraction of sp³-hybridized carbons (Fsp3) is 0.650. The Labute approximate surface area is 161 Å². The van der Waals surface area contributed by atoms with Crippen molar-refractivity contribution < 1.29 is 13.2 Å². The summed E-state index contributed by atoms with van der Waals surface area (Å²) < 4.78 is 23.9. The first kappa shape index (κ1) is 19.7. The van der Waals surface area contributed by atoms with Crippen molar-refractivity contribution in [2.24, 2.45) is 0 Å². The Bertz CT molecular complexity index is 754. The van der Waals surface area contributed by atoms with Crippen molar-refractivity contribution >= 4 is 27.5 Å². The van der Waals surface area contributed by atoms with Gasteiger partial charge in [-0.1, -0.05) is 25.3 Å². The van der Waals surface area contributed by atoms with Crippen molar-refractivity contribution in [3.63, 3.8) is 0 Å². The largest absolute Gasteiger partial charge is 0.335 e. The Balaban J connectivity index is 1.70. The normalized spacial score (nSPS) is 23.1. The van der Waals surface area contributed by atoms with Crippen LogP contribution in [-0.4, -0.2) is 48.6 Å². The van der Waals surface area contributed by atoms with Crippen LogP contribution in [0.3, 0.4) is 0 Å². The number of benzene rings is 1. The summed E-state index contributed by atoms with van der Waals surface area (Å²) in [6.07, 6.45) is 6.11. The molecule has 26 heavy (non-hydrogen) atoms. The molecule has 144 valence electrons. The van der Waals surface area contributed by atoms with Crippen LogP contribution in [-0.2, 0) is 14.6 Å². The lowest BCUT2D eigenvalue weighted by atomic mass is 9.93. The van der Waals surface area contributed by atoms with Crippen molar-refractivity contribution in [3.8, 4) is 0 Å². The van der Waals surface area contributed by atoms with Crippen LogP contribution in [0.5, 0.6) is 0 Å². The number of hydrogen-bond acceptors (Lipinski definition) is 4. The lowest BCUT2D eigenvalue weighted by Gasteiger charge is -2.38. The number of hydrogen-bond donors (Lipinski definition) is 0. The first-order valence-electron chi connectivity index (χ1n) is 9.57. The number of sulfone groups is 1. The molecule has 1 heterocycles. The van der Waals surface area contributed by atoms with E-state index in [0.29, 0.717) is 12.2 Å². The van der Waals surface area contributed by atoms with Gasteiger partial charge in [0, 0.05) is 17.0 Å². The zero-order chi connectivity index (χ0) is 18.7. The number of aryl methyl sites for hydroxylation is 2. The van der Waals surface area contributed by atoms with Crippen LogP contribution in [0.15, 0.2) is 23.1 Å². The van der Waals surface area contributed by atoms with Gasteiger partial charge in [-0.3, -0.25) is 4.79 Å². The SMILES string of the molecule is Cc1ccc(SCC(=O)N(C2CCCCC2)[C@@H]2CCS(=O)(=O)C2)cc1C. The van der Waals surface area contributed by atoms with Crippen LogP contribution in [0, 0.1) is 13.8 Å². The molecular weight excluding hydrogens is 366 g/mol. The molecule has 0 aromatic heterocycles. The van der Waals surface area contributed by atoms with Gasteiger partial charge in [0.05, 0.1) is 17.3 Å². The number of amides is 1. The Kier molecular flexibility index (Phi) is 6.33. The minimum atomic E-state index is -2.99. The zero-order valence-electron chi connectivity index (χ0n) is 15.7. The van der Waals surface area contributed by atoms with E-state index in [2.05, 4.69) is 32.0 Å². The third kappa shape index (κ3) is 4.83. The highest BCUT2D eigenvalue weighted by Crippen LogP contribution is 2.30. The second-order valence-corrected chi connectivity index (χ2v) is 11.0. The van der Waals surface area contributed by atoms with Crippen LogP contribution >= 0.6 is 11.8 Å². The molecule has 1 amide bonds. The van der Waals surface area contributed by atoms with E-state index in [4.69, 9.17) is 0 Å². The van der Waals surface area contributed by atoms with E-state index in [0.717, 1.165) is 30.6 Å². The van der Waals surface area contributed by atoms with Crippen LogP contribution in [0.1, 0.15) is 49.7 Å². The van der Waals surface area contributed by atoms with E-state index in [1.165, 1.54) is 17.5 Å². The molecule has 0 radical (unpaired) electrons. The average Bonchev–Trinajstić information content (AvgIpc) is 2.96. The number of thioether (sulfide) groups is 1. The highest BCUT2D eigenvalue weighted by Gasteiger charge is 2.38. The van der Waals surface area contributed by atoms with E-state index >= 15 is 0 Å². The van der Waals surface area contributed by atoms with Crippen molar-refractivity contribution in [1.82, 2.24) is 4.90 Å². The number of nitrogens with zero attached hydrogens (tertiary/aromatic N) is 1. The van der Waals surface area contributed by atoms with Crippen LogP contribution in [0.2, 0.25) is 0 Å². The minimum absolute atomic E-state index is 0.0993. The van der Waals surface area contributed by atoms with E-state index in [1.54, 1.807) is 11.8 Å². The molecule has 1 aromatic carbocycles. The number of carbonyl (C=O) groups is 1. The molecule has 0 N–H and O–H groups in total. The first-order chi connectivity index (χ1) is 12.4. The van der Waals surface area contributed by atoms with Crippen LogP contribution in [0.25, 0.3) is 0 Å². The maximum absolute atomic E-state index is 13.1. The molecule has 6 heteroatoms. The second kappa shape index (κ2) is 8.34. The van der Waals surface area contributed by atoms with Crippen molar-refractivity contribution in [2.75, 3.05) is 17.3 Å². The third-order valence-electron chi connectivity index (χ3n) is 5.70. The summed E-state index contributed by atoms with van der Waals surface area (Å²) in [5.74, 6) is 0.847. The van der Waals surface area contributed by atoms with Gasteiger partial charge in [0.1, 0.15) is 0 Å². The molecule has 1 aliphatic carbocycles. The van der Waals surface area contributed by atoms with Crippen molar-refractivity contribution in [1.29, 1.82) is 0 Å². The Morgan fingerprint density at radius 3 is 2.42 bits per heavy atom. The monoisotopic (exact) mass is 395 g/mol. The third-order valence-corrected chi connectivity index (χ3v) is 8.43. The highest BCUT2D eigenvalue weighted by molar-refractivity contribution is 8.00. The van der Waals surface area contributed by atoms with Gasteiger partial charge in [0.15, 0.2) is 9.84 Å². The average molecular weight is 396 g/mol. The second-order valence-electron chi connectivity index (χ2n) is 7.68. The molecule has 1 atom stereocenters. The van der Waals surface area contributed by atoms with Gasteiger partial charge in [-0.2, -0.15) is 0 Å². The molecule has 0 bridgehead atoms. The number of rotatable bonds is 5. The molecule has 4 nitrogen and oxygen atoms in total. The van der Waals surface area contributed by atoms with E-state index in [-0.39, 0.29) is 29.5 Å². The van der Waals surface area contributed by atoms with Gasteiger partial charge in [0.2, 0.25) is 5.91 Å². The molecule has 1 aromatic rings. The van der Waals surface area contributed by atoms with Gasteiger partial charge < -0.3 is 4.90 Å². The topological polar surface area (TPSA) is 54.5 Å². The summed E-state index contributed by atoms with van der Waals surface area (Å²) in [4.78, 5) is 16.1. The fourth-order valence-corrected chi connectivity index (χ4v) is 6.66. The van der Waals surface area contributed by atoms with Crippen LogP contribution in [0.4, 0.5) is 0 Å². The van der Waals surface area contributed by atoms with Crippen LogP contribution < -0.4 is 0 Å². The minimum Gasteiger partial charge on any atom is -0.335 e. The van der Waals surface area contributed by atoms with Gasteiger partial charge in [-0.15, -0.1) is 11.8 Å². The molecule has 1 saturated carbocycles. The van der Waals surface area contributed by atoms with Gasteiger partial charge in [-0.25, -0.2) is 8.42 Å². The Morgan fingerprint density at radius 1 is 1.08 bits per heavy atom. The Morgan fingerprint density at radius 2 is 1.81 bits per heavy atom. The summed E-state index contributed by atoms with van der Waals surface area (Å²) >= 11 is 1.56. The summed E-state index contributed by atoms with van der Waals surface area (Å²) in [6, 6.07) is 6.36. The molecule has 2 aliphatic rings.